The number of rotatable bonds is 28. The zero-order valence-electron chi connectivity index (χ0n) is 35.2. The Hall–Kier alpha value is -4.27. The summed E-state index contributed by atoms with van der Waals surface area (Å²) in [5, 5.41) is 0. The lowest BCUT2D eigenvalue weighted by atomic mass is 10.1. The third-order valence-electron chi connectivity index (χ3n) is 8.35. The third-order valence-corrected chi connectivity index (χ3v) is 14.7. The number of methoxy groups -OCH3 is 2. The summed E-state index contributed by atoms with van der Waals surface area (Å²) in [7, 11) is -2.51. The summed E-state index contributed by atoms with van der Waals surface area (Å²) in [5.74, 6) is -0.547. The van der Waals surface area contributed by atoms with Gasteiger partial charge in [0, 0.05) is 77.2 Å². The van der Waals surface area contributed by atoms with Gasteiger partial charge in [-0.1, -0.05) is 12.1 Å². The van der Waals surface area contributed by atoms with Gasteiger partial charge in [-0.3, -0.25) is 9.98 Å². The van der Waals surface area contributed by atoms with Gasteiger partial charge < -0.3 is 45.5 Å². The van der Waals surface area contributed by atoms with Gasteiger partial charge in [-0.2, -0.15) is 0 Å². The van der Waals surface area contributed by atoms with E-state index in [2.05, 4.69) is 9.98 Å². The number of esters is 2. The molecular formula is C42H60N2O12Si2. The molecule has 0 bridgehead atoms. The van der Waals surface area contributed by atoms with Gasteiger partial charge in [0.25, 0.3) is 0 Å². The number of hydrogen-bond acceptors (Lipinski definition) is 14. The largest absolute Gasteiger partial charge is 0.500 e. The maximum Gasteiger partial charge on any atom is 0.500 e. The normalized spacial score (nSPS) is 12.0. The van der Waals surface area contributed by atoms with Crippen LogP contribution < -0.4 is 18.9 Å². The highest BCUT2D eigenvalue weighted by Crippen LogP contribution is 2.31. The first-order valence-electron chi connectivity index (χ1n) is 19.9. The van der Waals surface area contributed by atoms with Gasteiger partial charge in [-0.05, 0) is 114 Å². The SMILES string of the molecule is CCO[Si](CCCN=Cc1ccc(OC(=O)c2ccccc2C(=O)Oc2ccc(C=NCCC[Si](OCC)(OCC)OCC)cc2OC)c(OC)c1)(OCC)OCC. The highest BCUT2D eigenvalue weighted by atomic mass is 28.4. The van der Waals surface area contributed by atoms with Crippen LogP contribution >= 0.6 is 0 Å². The molecular weight excluding hydrogens is 781 g/mol. The lowest BCUT2D eigenvalue weighted by Crippen LogP contribution is -2.46. The van der Waals surface area contributed by atoms with Crippen LogP contribution in [0.15, 0.2) is 70.6 Å². The van der Waals surface area contributed by atoms with E-state index in [0.29, 0.717) is 76.3 Å². The molecule has 0 amide bonds. The Morgan fingerprint density at radius 1 is 0.517 bits per heavy atom. The topological polar surface area (TPSA) is 151 Å². The Morgan fingerprint density at radius 3 is 1.17 bits per heavy atom. The molecule has 0 unspecified atom stereocenters. The molecule has 0 saturated carbocycles. The quantitative estimate of drug-likeness (QED) is 0.0230. The summed E-state index contributed by atoms with van der Waals surface area (Å²) < 4.78 is 58.1. The molecule has 16 heteroatoms. The molecule has 0 saturated heterocycles. The second-order valence-electron chi connectivity index (χ2n) is 12.4. The van der Waals surface area contributed by atoms with E-state index in [1.54, 1.807) is 61.0 Å². The third kappa shape index (κ3) is 14.8. The fourth-order valence-electron chi connectivity index (χ4n) is 5.96. The van der Waals surface area contributed by atoms with Crippen molar-refractivity contribution in [2.24, 2.45) is 9.98 Å². The minimum Gasteiger partial charge on any atom is -0.493 e. The summed E-state index contributed by atoms with van der Waals surface area (Å²) in [6.45, 7) is 15.8. The molecule has 0 radical (unpaired) electrons. The second kappa shape index (κ2) is 26.0. The van der Waals surface area contributed by atoms with Gasteiger partial charge in [-0.25, -0.2) is 9.59 Å². The molecule has 14 nitrogen and oxygen atoms in total. The molecule has 0 N–H and O–H groups in total. The fraction of sp³-hybridized carbons (Fsp3) is 0.476. The van der Waals surface area contributed by atoms with Crippen molar-refractivity contribution in [3.8, 4) is 23.0 Å². The van der Waals surface area contributed by atoms with E-state index >= 15 is 0 Å². The van der Waals surface area contributed by atoms with Crippen molar-refractivity contribution >= 4 is 42.0 Å². The average molecular weight is 841 g/mol. The van der Waals surface area contributed by atoms with Gasteiger partial charge in [0.2, 0.25) is 0 Å². The Bertz CT molecular complexity index is 1610. The van der Waals surface area contributed by atoms with Crippen LogP contribution in [0.5, 0.6) is 23.0 Å². The van der Waals surface area contributed by atoms with E-state index in [1.807, 2.05) is 41.5 Å². The molecule has 3 aromatic rings. The Kier molecular flexibility index (Phi) is 21.5. The van der Waals surface area contributed by atoms with Crippen molar-refractivity contribution < 1.29 is 55.1 Å². The average Bonchev–Trinajstić information content (AvgIpc) is 3.22. The van der Waals surface area contributed by atoms with Gasteiger partial charge in [0.1, 0.15) is 0 Å². The number of nitrogens with zero attached hydrogens (tertiary/aromatic N) is 2. The monoisotopic (exact) mass is 840 g/mol. The highest BCUT2D eigenvalue weighted by molar-refractivity contribution is 6.61. The predicted molar refractivity (Wildman–Crippen MR) is 227 cm³/mol. The second-order valence-corrected chi connectivity index (χ2v) is 17.9. The Balaban J connectivity index is 1.65. The van der Waals surface area contributed by atoms with Crippen LogP contribution in [-0.2, 0) is 26.6 Å². The molecule has 0 spiro atoms. The standard InChI is InChI=1S/C42H60N2O12Si2/c1-9-49-57(50-10-2,51-11-3)27-17-25-43-31-33-21-23-37(39(29-33)47-7)55-41(45)35-19-15-16-20-36(35)42(46)56-38-24-22-34(30-40(38)48-8)32-44-26-18-28-58(52-12-4,53-13-5)54-14-6/h15-16,19-24,29-32H,9-14,17-18,25-28H2,1-8H3. The molecule has 0 aliphatic heterocycles. The van der Waals surface area contributed by atoms with Crippen LogP contribution in [0, 0.1) is 0 Å². The first kappa shape index (κ1) is 48.1. The van der Waals surface area contributed by atoms with Gasteiger partial charge >= 0.3 is 29.5 Å². The fourth-order valence-corrected chi connectivity index (χ4v) is 11.1. The van der Waals surface area contributed by atoms with E-state index in [0.717, 1.165) is 24.0 Å². The van der Waals surface area contributed by atoms with E-state index in [4.69, 9.17) is 45.5 Å². The molecule has 318 valence electrons. The van der Waals surface area contributed by atoms with Crippen molar-refractivity contribution in [1.29, 1.82) is 0 Å². The molecule has 0 aliphatic carbocycles. The zero-order chi connectivity index (χ0) is 42.2. The number of hydrogen-bond donors (Lipinski definition) is 0. The van der Waals surface area contributed by atoms with Crippen LogP contribution in [0.4, 0.5) is 0 Å². The van der Waals surface area contributed by atoms with Gasteiger partial charge in [-0.15, -0.1) is 0 Å². The molecule has 3 aromatic carbocycles. The van der Waals surface area contributed by atoms with E-state index < -0.39 is 29.5 Å². The Labute approximate surface area is 345 Å². The molecule has 58 heavy (non-hydrogen) atoms. The smallest absolute Gasteiger partial charge is 0.493 e. The molecule has 0 fully saturated rings. The zero-order valence-corrected chi connectivity index (χ0v) is 37.2. The van der Waals surface area contributed by atoms with Crippen molar-refractivity contribution in [2.75, 3.05) is 67.0 Å². The molecule has 0 heterocycles. The highest BCUT2D eigenvalue weighted by Gasteiger charge is 2.40. The summed E-state index contributed by atoms with van der Waals surface area (Å²) >= 11 is 0. The molecule has 0 aliphatic rings. The molecule has 0 aromatic heterocycles. The first-order valence-corrected chi connectivity index (χ1v) is 23.7. The predicted octanol–water partition coefficient (Wildman–Crippen LogP) is 7.86. The van der Waals surface area contributed by atoms with E-state index in [1.165, 1.54) is 26.4 Å². The Morgan fingerprint density at radius 2 is 0.862 bits per heavy atom. The van der Waals surface area contributed by atoms with Crippen LogP contribution in [0.2, 0.25) is 12.1 Å². The summed E-state index contributed by atoms with van der Waals surface area (Å²) in [4.78, 5) is 36.1. The van der Waals surface area contributed by atoms with Crippen LogP contribution in [0.1, 0.15) is 86.2 Å². The van der Waals surface area contributed by atoms with Crippen molar-refractivity contribution in [1.82, 2.24) is 0 Å². The lowest BCUT2D eigenvalue weighted by Gasteiger charge is -2.28. The summed E-state index contributed by atoms with van der Waals surface area (Å²) in [6, 6.07) is 17.7. The van der Waals surface area contributed by atoms with Crippen LogP contribution in [0.25, 0.3) is 0 Å². The maximum atomic E-state index is 13.5. The number of ether oxygens (including phenoxy) is 4. The summed E-state index contributed by atoms with van der Waals surface area (Å²) in [5.41, 5.74) is 1.53. The minimum absolute atomic E-state index is 0.0128. The lowest BCUT2D eigenvalue weighted by molar-refractivity contribution is 0.0687. The number of carbonyl (C=O) groups excluding carboxylic acids is 2. The number of benzene rings is 3. The van der Waals surface area contributed by atoms with Gasteiger partial charge in [0.05, 0.1) is 25.3 Å². The minimum atomic E-state index is -2.73. The molecule has 0 atom stereocenters. The van der Waals surface area contributed by atoms with Crippen LogP contribution in [0.3, 0.4) is 0 Å². The van der Waals surface area contributed by atoms with Crippen LogP contribution in [-0.4, -0.2) is 109 Å². The maximum absolute atomic E-state index is 13.5. The number of aliphatic imine (C=N–C) groups is 2. The van der Waals surface area contributed by atoms with Crippen molar-refractivity contribution in [3.63, 3.8) is 0 Å². The summed E-state index contributed by atoms with van der Waals surface area (Å²) in [6.07, 6.45) is 4.91. The number of carbonyl (C=O) groups is 2. The van der Waals surface area contributed by atoms with Gasteiger partial charge in [0.15, 0.2) is 23.0 Å². The van der Waals surface area contributed by atoms with Crippen molar-refractivity contribution in [2.45, 2.75) is 66.5 Å². The first-order chi connectivity index (χ1) is 28.2. The van der Waals surface area contributed by atoms with E-state index in [9.17, 15) is 9.59 Å². The van der Waals surface area contributed by atoms with Crippen molar-refractivity contribution in [3.05, 3.63) is 82.9 Å². The molecule has 3 rings (SSSR count). The van der Waals surface area contributed by atoms with E-state index in [-0.39, 0.29) is 22.6 Å².